The van der Waals surface area contributed by atoms with Crippen LogP contribution in [0.3, 0.4) is 0 Å². The first-order valence-electron chi connectivity index (χ1n) is 5.30. The fourth-order valence-electron chi connectivity index (χ4n) is 1.23. The number of ether oxygens (including phenoxy) is 1. The van der Waals surface area contributed by atoms with E-state index >= 15 is 0 Å². The normalized spacial score (nSPS) is 11.1. The van der Waals surface area contributed by atoms with Gasteiger partial charge in [-0.3, -0.25) is 0 Å². The predicted octanol–water partition coefficient (Wildman–Crippen LogP) is 2.85. The van der Waals surface area contributed by atoms with Crippen LogP contribution in [0.15, 0.2) is 24.3 Å². The molecule has 0 fully saturated rings. The van der Waals surface area contributed by atoms with Crippen molar-refractivity contribution in [3.05, 3.63) is 35.4 Å². The van der Waals surface area contributed by atoms with Gasteiger partial charge in [0.05, 0.1) is 11.1 Å². The second-order valence-electron chi connectivity index (χ2n) is 4.02. The third-order valence-electron chi connectivity index (χ3n) is 2.20. The molecule has 1 aromatic carbocycles. The number of hydrogen-bond donors (Lipinski definition) is 0. The number of carbonyl (C=O) groups excluding carboxylic acids is 1. The number of alkyl halides is 3. The van der Waals surface area contributed by atoms with Gasteiger partial charge in [-0.2, -0.15) is 13.2 Å². The molecule has 1 rings (SSSR count). The van der Waals surface area contributed by atoms with Crippen LogP contribution in [0.5, 0.6) is 0 Å². The Morgan fingerprint density at radius 2 is 1.95 bits per heavy atom. The molecular weight excluding hydrogens is 283 g/mol. The summed E-state index contributed by atoms with van der Waals surface area (Å²) >= 11 is 0. The molecule has 1 aromatic rings. The highest BCUT2D eigenvalue weighted by Gasteiger charge is 2.31. The van der Waals surface area contributed by atoms with E-state index in [2.05, 4.69) is 0 Å². The van der Waals surface area contributed by atoms with Crippen LogP contribution in [0.2, 0.25) is 0 Å². The van der Waals surface area contributed by atoms with Crippen LogP contribution in [0.25, 0.3) is 0 Å². The maximum absolute atomic E-state index is 12.4. The summed E-state index contributed by atoms with van der Waals surface area (Å²) in [5, 5.41) is 0. The van der Waals surface area contributed by atoms with Crippen LogP contribution in [0.4, 0.5) is 13.2 Å². The summed E-state index contributed by atoms with van der Waals surface area (Å²) in [4.78, 5) is 13.3. The van der Waals surface area contributed by atoms with E-state index in [1.165, 1.54) is 12.1 Å². The lowest BCUT2D eigenvalue weighted by Crippen LogP contribution is -2.20. The van der Waals surface area contributed by atoms with Gasteiger partial charge in [0.2, 0.25) is 0 Å². The third-order valence-corrected chi connectivity index (χ3v) is 2.20. The quantitative estimate of drug-likeness (QED) is 0.800. The first kappa shape index (κ1) is 17.7. The van der Waals surface area contributed by atoms with Gasteiger partial charge in [0.25, 0.3) is 0 Å². The summed E-state index contributed by atoms with van der Waals surface area (Å²) < 4.78 is 42.1. The highest BCUT2D eigenvalue weighted by atomic mass is 35.5. The molecule has 19 heavy (non-hydrogen) atoms. The molecular formula is C12H15ClF3NO2. The number of benzene rings is 1. The molecule has 3 nitrogen and oxygen atoms in total. The molecule has 0 bridgehead atoms. The molecule has 0 saturated heterocycles. The summed E-state index contributed by atoms with van der Waals surface area (Å²) in [6, 6.07) is 4.19. The monoisotopic (exact) mass is 297 g/mol. The zero-order valence-electron chi connectivity index (χ0n) is 10.5. The molecule has 0 aliphatic heterocycles. The van der Waals surface area contributed by atoms with Crippen LogP contribution >= 0.6 is 12.4 Å². The number of halogens is 4. The molecule has 0 aliphatic carbocycles. The number of esters is 1. The lowest BCUT2D eigenvalue weighted by atomic mass is 10.1. The third kappa shape index (κ3) is 5.94. The standard InChI is InChI=1S/C12H14F3NO2.ClH/c1-16(2)6-7-18-11(17)9-4-3-5-10(8-9)12(13,14)15;/h3-5,8H,6-7H2,1-2H3;1H. The van der Waals surface area contributed by atoms with Gasteiger partial charge in [0, 0.05) is 6.54 Å². The largest absolute Gasteiger partial charge is 0.461 e. The zero-order valence-corrected chi connectivity index (χ0v) is 11.3. The number of carbonyl (C=O) groups is 1. The molecule has 0 atom stereocenters. The Bertz CT molecular complexity index is 422. The number of likely N-dealkylation sites (N-methyl/N-ethyl adjacent to an activating group) is 1. The van der Waals surface area contributed by atoms with Crippen LogP contribution in [-0.4, -0.2) is 38.1 Å². The Morgan fingerprint density at radius 1 is 1.32 bits per heavy atom. The molecule has 0 amide bonds. The molecule has 0 heterocycles. The average molecular weight is 298 g/mol. The van der Waals surface area contributed by atoms with Gasteiger partial charge in [0.15, 0.2) is 0 Å². The van der Waals surface area contributed by atoms with E-state index in [1.807, 2.05) is 0 Å². The minimum Gasteiger partial charge on any atom is -0.461 e. The molecule has 0 saturated carbocycles. The van der Waals surface area contributed by atoms with Crippen molar-refractivity contribution in [3.8, 4) is 0 Å². The van der Waals surface area contributed by atoms with Gasteiger partial charge >= 0.3 is 12.1 Å². The molecule has 108 valence electrons. The van der Waals surface area contributed by atoms with E-state index in [4.69, 9.17) is 4.74 Å². The van der Waals surface area contributed by atoms with Crippen molar-refractivity contribution in [1.29, 1.82) is 0 Å². The van der Waals surface area contributed by atoms with Crippen molar-refractivity contribution in [2.75, 3.05) is 27.2 Å². The van der Waals surface area contributed by atoms with E-state index in [0.717, 1.165) is 12.1 Å². The van der Waals surface area contributed by atoms with Crippen molar-refractivity contribution in [3.63, 3.8) is 0 Å². The van der Waals surface area contributed by atoms with E-state index in [1.54, 1.807) is 19.0 Å². The average Bonchev–Trinajstić information content (AvgIpc) is 2.27. The van der Waals surface area contributed by atoms with Crippen LogP contribution in [0, 0.1) is 0 Å². The van der Waals surface area contributed by atoms with Crippen molar-refractivity contribution in [2.45, 2.75) is 6.18 Å². The Balaban J connectivity index is 0.00000324. The zero-order chi connectivity index (χ0) is 13.8. The molecule has 7 heteroatoms. The maximum atomic E-state index is 12.4. The van der Waals surface area contributed by atoms with Gasteiger partial charge in [-0.15, -0.1) is 12.4 Å². The van der Waals surface area contributed by atoms with Crippen molar-refractivity contribution < 1.29 is 22.7 Å². The highest BCUT2D eigenvalue weighted by molar-refractivity contribution is 5.89. The van der Waals surface area contributed by atoms with Gasteiger partial charge in [0.1, 0.15) is 6.61 Å². The van der Waals surface area contributed by atoms with Gasteiger partial charge in [-0.05, 0) is 32.3 Å². The van der Waals surface area contributed by atoms with Crippen LogP contribution in [0.1, 0.15) is 15.9 Å². The van der Waals surface area contributed by atoms with E-state index in [0.29, 0.717) is 6.54 Å². The topological polar surface area (TPSA) is 29.5 Å². The Hall–Kier alpha value is -1.27. The summed E-state index contributed by atoms with van der Waals surface area (Å²) in [6.07, 6.45) is -4.46. The molecule has 0 aliphatic rings. The van der Waals surface area contributed by atoms with E-state index in [9.17, 15) is 18.0 Å². The first-order chi connectivity index (χ1) is 8.30. The SMILES string of the molecule is CN(C)CCOC(=O)c1cccc(C(F)(F)F)c1.Cl. The summed E-state index contributed by atoms with van der Waals surface area (Å²) in [5.41, 5.74) is -0.951. The molecule has 0 aromatic heterocycles. The van der Waals surface area contributed by atoms with E-state index < -0.39 is 17.7 Å². The van der Waals surface area contributed by atoms with Gasteiger partial charge < -0.3 is 9.64 Å². The summed E-state index contributed by atoms with van der Waals surface area (Å²) in [7, 11) is 3.61. The fourth-order valence-corrected chi connectivity index (χ4v) is 1.23. The fraction of sp³-hybridized carbons (Fsp3) is 0.417. The Kier molecular flexibility index (Phi) is 6.86. The van der Waals surface area contributed by atoms with Gasteiger partial charge in [-0.25, -0.2) is 4.79 Å². The lowest BCUT2D eigenvalue weighted by Gasteiger charge is -2.11. The summed E-state index contributed by atoms with van der Waals surface area (Å²) in [6.45, 7) is 0.660. The number of hydrogen-bond acceptors (Lipinski definition) is 3. The minimum absolute atomic E-state index is 0. The van der Waals surface area contributed by atoms with E-state index in [-0.39, 0.29) is 24.6 Å². The van der Waals surface area contributed by atoms with Crippen molar-refractivity contribution >= 4 is 18.4 Å². The number of rotatable bonds is 4. The van der Waals surface area contributed by atoms with Crippen molar-refractivity contribution in [1.82, 2.24) is 4.90 Å². The molecule has 0 spiro atoms. The predicted molar refractivity (Wildman–Crippen MR) is 67.5 cm³/mol. The lowest BCUT2D eigenvalue weighted by molar-refractivity contribution is -0.137. The Labute approximate surface area is 115 Å². The second kappa shape index (κ2) is 7.35. The maximum Gasteiger partial charge on any atom is 0.416 e. The van der Waals surface area contributed by atoms with Crippen LogP contribution < -0.4 is 0 Å². The van der Waals surface area contributed by atoms with Crippen LogP contribution in [-0.2, 0) is 10.9 Å². The summed E-state index contributed by atoms with van der Waals surface area (Å²) in [5.74, 6) is -0.747. The highest BCUT2D eigenvalue weighted by Crippen LogP contribution is 2.29. The Morgan fingerprint density at radius 3 is 2.47 bits per heavy atom. The van der Waals surface area contributed by atoms with Gasteiger partial charge in [-0.1, -0.05) is 6.07 Å². The molecule has 0 radical (unpaired) electrons. The first-order valence-corrected chi connectivity index (χ1v) is 5.30. The molecule has 0 unspecified atom stereocenters. The smallest absolute Gasteiger partial charge is 0.416 e. The minimum atomic E-state index is -4.46. The second-order valence-corrected chi connectivity index (χ2v) is 4.02. The molecule has 0 N–H and O–H groups in total. The number of nitrogens with zero attached hydrogens (tertiary/aromatic N) is 1. The van der Waals surface area contributed by atoms with Crippen molar-refractivity contribution in [2.24, 2.45) is 0 Å².